The smallest absolute Gasteiger partial charge is 0.336 e. The quantitative estimate of drug-likeness (QED) is 0.443. The Hall–Kier alpha value is -3.94. The summed E-state index contributed by atoms with van der Waals surface area (Å²) >= 11 is 0. The number of carboxylic acids is 1. The second-order valence-electron chi connectivity index (χ2n) is 7.51. The lowest BCUT2D eigenvalue weighted by Gasteiger charge is -2.19. The van der Waals surface area contributed by atoms with Gasteiger partial charge in [-0.15, -0.1) is 0 Å². The van der Waals surface area contributed by atoms with E-state index in [-0.39, 0.29) is 25.7 Å². The summed E-state index contributed by atoms with van der Waals surface area (Å²) in [5.41, 5.74) is 1.93. The summed E-state index contributed by atoms with van der Waals surface area (Å²) in [5.74, 6) is -1.81. The van der Waals surface area contributed by atoms with E-state index < -0.39 is 29.5 Å². The number of carbonyl (C=O) groups is 3. The molecule has 2 aromatic carbocycles. The molecule has 1 aromatic heterocycles. The van der Waals surface area contributed by atoms with Crippen LogP contribution in [0.25, 0.3) is 11.0 Å². The highest BCUT2D eigenvalue weighted by Crippen LogP contribution is 2.21. The summed E-state index contributed by atoms with van der Waals surface area (Å²) in [5, 5.41) is 15.0. The second kappa shape index (κ2) is 10.4. The van der Waals surface area contributed by atoms with Gasteiger partial charge in [0.15, 0.2) is 0 Å². The maximum atomic E-state index is 13.0. The molecule has 2 amide bonds. The van der Waals surface area contributed by atoms with Crippen molar-refractivity contribution >= 4 is 34.4 Å². The molecule has 8 nitrogen and oxygen atoms in total. The van der Waals surface area contributed by atoms with Gasteiger partial charge in [-0.05, 0) is 36.6 Å². The van der Waals surface area contributed by atoms with Crippen molar-refractivity contribution in [2.75, 3.05) is 5.32 Å². The molecular weight excluding hydrogens is 412 g/mol. The molecule has 3 rings (SSSR count). The van der Waals surface area contributed by atoms with Crippen LogP contribution in [0.1, 0.15) is 30.4 Å². The second-order valence-corrected chi connectivity index (χ2v) is 7.51. The van der Waals surface area contributed by atoms with Crippen LogP contribution < -0.4 is 16.3 Å². The lowest BCUT2D eigenvalue weighted by molar-refractivity contribution is -0.137. The standard InChI is InChI=1S/C24H24N2O6/c1-15-12-23(30)32-20-14-17(10-11-18(15)20)25-24(31)19(13-16-6-3-2-4-7-16)26-21(27)8-5-9-22(28)29/h2-4,6-7,10-12,14,19H,5,8-9,13H2,1H3,(H,25,31)(H,26,27)(H,28,29). The average Bonchev–Trinajstić information content (AvgIpc) is 2.73. The number of carbonyl (C=O) groups excluding carboxylic acids is 2. The van der Waals surface area contributed by atoms with Gasteiger partial charge in [-0.2, -0.15) is 0 Å². The van der Waals surface area contributed by atoms with Gasteiger partial charge in [-0.25, -0.2) is 4.79 Å². The third-order valence-corrected chi connectivity index (χ3v) is 4.95. The van der Waals surface area contributed by atoms with E-state index in [1.165, 1.54) is 6.07 Å². The topological polar surface area (TPSA) is 126 Å². The zero-order chi connectivity index (χ0) is 23.1. The van der Waals surface area contributed by atoms with Crippen molar-refractivity contribution in [2.24, 2.45) is 0 Å². The fourth-order valence-electron chi connectivity index (χ4n) is 3.36. The Balaban J connectivity index is 1.76. The van der Waals surface area contributed by atoms with Gasteiger partial charge in [0, 0.05) is 42.5 Å². The first-order valence-corrected chi connectivity index (χ1v) is 10.2. The molecule has 8 heteroatoms. The lowest BCUT2D eigenvalue weighted by Crippen LogP contribution is -2.45. The Kier molecular flexibility index (Phi) is 7.38. The molecule has 0 saturated carbocycles. The van der Waals surface area contributed by atoms with Gasteiger partial charge >= 0.3 is 11.6 Å². The molecule has 166 valence electrons. The molecule has 0 aliphatic rings. The molecule has 0 spiro atoms. The summed E-state index contributed by atoms with van der Waals surface area (Å²) in [6.45, 7) is 1.80. The van der Waals surface area contributed by atoms with Crippen LogP contribution in [0, 0.1) is 6.92 Å². The number of hydrogen-bond acceptors (Lipinski definition) is 5. The Morgan fingerprint density at radius 1 is 1.03 bits per heavy atom. The number of amides is 2. The number of nitrogens with one attached hydrogen (secondary N) is 2. The number of aryl methyl sites for hydroxylation is 1. The van der Waals surface area contributed by atoms with Crippen molar-refractivity contribution in [3.63, 3.8) is 0 Å². The molecule has 3 aromatic rings. The first-order chi connectivity index (χ1) is 15.3. The number of benzene rings is 2. The van der Waals surface area contributed by atoms with Crippen LogP contribution in [0.5, 0.6) is 0 Å². The van der Waals surface area contributed by atoms with E-state index >= 15 is 0 Å². The monoisotopic (exact) mass is 436 g/mol. The molecular formula is C24H24N2O6. The van der Waals surface area contributed by atoms with Crippen molar-refractivity contribution in [1.29, 1.82) is 0 Å². The minimum absolute atomic E-state index is 0.00524. The molecule has 0 radical (unpaired) electrons. The molecule has 32 heavy (non-hydrogen) atoms. The van der Waals surface area contributed by atoms with Crippen LogP contribution in [0.4, 0.5) is 5.69 Å². The average molecular weight is 436 g/mol. The zero-order valence-corrected chi connectivity index (χ0v) is 17.6. The van der Waals surface area contributed by atoms with Crippen molar-refractivity contribution in [3.8, 4) is 0 Å². The lowest BCUT2D eigenvalue weighted by atomic mass is 10.0. The van der Waals surface area contributed by atoms with Crippen LogP contribution in [0.2, 0.25) is 0 Å². The van der Waals surface area contributed by atoms with Gasteiger partial charge in [-0.3, -0.25) is 14.4 Å². The summed E-state index contributed by atoms with van der Waals surface area (Å²) in [6.07, 6.45) is 0.332. The Morgan fingerprint density at radius 2 is 1.78 bits per heavy atom. The zero-order valence-electron chi connectivity index (χ0n) is 17.6. The number of fused-ring (bicyclic) bond motifs is 1. The van der Waals surface area contributed by atoms with Crippen LogP contribution in [-0.4, -0.2) is 28.9 Å². The van der Waals surface area contributed by atoms with E-state index in [0.717, 1.165) is 16.5 Å². The summed E-state index contributed by atoms with van der Waals surface area (Å²) in [7, 11) is 0. The highest BCUT2D eigenvalue weighted by molar-refractivity contribution is 5.98. The first-order valence-electron chi connectivity index (χ1n) is 10.2. The summed E-state index contributed by atoms with van der Waals surface area (Å²) < 4.78 is 5.22. The van der Waals surface area contributed by atoms with Gasteiger partial charge in [0.25, 0.3) is 0 Å². The van der Waals surface area contributed by atoms with Gasteiger partial charge in [0.2, 0.25) is 11.8 Å². The fourth-order valence-corrected chi connectivity index (χ4v) is 3.36. The molecule has 0 fully saturated rings. The maximum absolute atomic E-state index is 13.0. The number of rotatable bonds is 9. The first kappa shape index (κ1) is 22.7. The van der Waals surface area contributed by atoms with E-state index in [2.05, 4.69) is 10.6 Å². The summed E-state index contributed by atoms with van der Waals surface area (Å²) in [4.78, 5) is 47.6. The predicted molar refractivity (Wildman–Crippen MR) is 119 cm³/mol. The van der Waals surface area contributed by atoms with Crippen molar-refractivity contribution in [2.45, 2.75) is 38.6 Å². The fraction of sp³-hybridized carbons (Fsp3) is 0.250. The maximum Gasteiger partial charge on any atom is 0.336 e. The van der Waals surface area contributed by atoms with Crippen LogP contribution >= 0.6 is 0 Å². The number of anilines is 1. The van der Waals surface area contributed by atoms with Gasteiger partial charge in [0.05, 0.1) is 0 Å². The molecule has 0 aliphatic carbocycles. The van der Waals surface area contributed by atoms with E-state index in [1.807, 2.05) is 30.3 Å². The molecule has 1 unspecified atom stereocenters. The van der Waals surface area contributed by atoms with Crippen LogP contribution in [0.3, 0.4) is 0 Å². The van der Waals surface area contributed by atoms with Crippen molar-refractivity contribution in [3.05, 3.63) is 76.1 Å². The minimum Gasteiger partial charge on any atom is -0.481 e. The molecule has 0 aliphatic heterocycles. The van der Waals surface area contributed by atoms with Crippen molar-refractivity contribution in [1.82, 2.24) is 5.32 Å². The highest BCUT2D eigenvalue weighted by Gasteiger charge is 2.22. The molecule has 0 saturated heterocycles. The predicted octanol–water partition coefficient (Wildman–Crippen LogP) is 3.02. The number of hydrogen-bond donors (Lipinski definition) is 3. The highest BCUT2D eigenvalue weighted by atomic mass is 16.4. The van der Waals surface area contributed by atoms with E-state index in [0.29, 0.717) is 11.3 Å². The van der Waals surface area contributed by atoms with E-state index in [1.54, 1.807) is 25.1 Å². The van der Waals surface area contributed by atoms with Gasteiger partial charge < -0.3 is 20.2 Å². The minimum atomic E-state index is -0.977. The summed E-state index contributed by atoms with van der Waals surface area (Å²) in [6, 6.07) is 14.8. The van der Waals surface area contributed by atoms with Crippen LogP contribution in [-0.2, 0) is 20.8 Å². The number of aliphatic carboxylic acids is 1. The third kappa shape index (κ3) is 6.28. The van der Waals surface area contributed by atoms with E-state index in [9.17, 15) is 19.2 Å². The number of carboxylic acid groups (broad SMARTS) is 1. The molecule has 1 atom stereocenters. The van der Waals surface area contributed by atoms with Gasteiger partial charge in [-0.1, -0.05) is 30.3 Å². The molecule has 0 bridgehead atoms. The SMILES string of the molecule is Cc1cc(=O)oc2cc(NC(=O)C(Cc3ccccc3)NC(=O)CCCC(=O)O)ccc12. The molecule has 1 heterocycles. The van der Waals surface area contributed by atoms with Gasteiger partial charge in [0.1, 0.15) is 11.6 Å². The molecule has 3 N–H and O–H groups in total. The largest absolute Gasteiger partial charge is 0.481 e. The Bertz CT molecular complexity index is 1190. The Labute approximate surface area is 184 Å². The normalized spacial score (nSPS) is 11.7. The van der Waals surface area contributed by atoms with E-state index in [4.69, 9.17) is 9.52 Å². The third-order valence-electron chi connectivity index (χ3n) is 4.95. The van der Waals surface area contributed by atoms with Crippen LogP contribution in [0.15, 0.2) is 63.8 Å². The van der Waals surface area contributed by atoms with Crippen molar-refractivity contribution < 1.29 is 23.9 Å². The Morgan fingerprint density at radius 3 is 2.50 bits per heavy atom.